The summed E-state index contributed by atoms with van der Waals surface area (Å²) < 4.78 is 0. The van der Waals surface area contributed by atoms with Gasteiger partial charge in [-0.1, -0.05) is 28.0 Å². The van der Waals surface area contributed by atoms with E-state index in [4.69, 9.17) is 38.3 Å². The van der Waals surface area contributed by atoms with E-state index in [1.165, 1.54) is 21.6 Å². The van der Waals surface area contributed by atoms with Crippen LogP contribution >= 0.6 is 21.6 Å². The number of rotatable bonds is 12. The molecule has 11 N–H and O–H groups in total. The Morgan fingerprint density at radius 3 is 1.42 bits per heavy atom. The lowest BCUT2D eigenvalue weighted by atomic mass is 10.1. The summed E-state index contributed by atoms with van der Waals surface area (Å²) in [6.07, 6.45) is 2.16. The van der Waals surface area contributed by atoms with Crippen LogP contribution in [-0.4, -0.2) is 69.4 Å². The Kier molecular flexibility index (Phi) is 16.2. The molecule has 0 aliphatic rings. The van der Waals surface area contributed by atoms with Crippen molar-refractivity contribution in [2.75, 3.05) is 18.1 Å². The number of aliphatic carboxylic acids is 3. The van der Waals surface area contributed by atoms with Crippen molar-refractivity contribution in [1.29, 1.82) is 0 Å². The topological polar surface area (TPSA) is 216 Å². The zero-order chi connectivity index (χ0) is 19.1. The number of hydrogen-bond acceptors (Lipinski definition) is 9. The summed E-state index contributed by atoms with van der Waals surface area (Å²) in [7, 11) is 2.41. The molecule has 0 aromatic heterocycles. The predicted molar refractivity (Wildman–Crippen MR) is 94.7 cm³/mol. The quantitative estimate of drug-likeness (QED) is 0.154. The molecule has 0 aliphatic heterocycles. The second-order valence-electron chi connectivity index (χ2n) is 4.69. The second kappa shape index (κ2) is 15.5. The van der Waals surface area contributed by atoms with Gasteiger partial charge < -0.3 is 38.3 Å². The van der Waals surface area contributed by atoms with Crippen molar-refractivity contribution in [3.63, 3.8) is 0 Å². The standard InChI is InChI=1S/C6H12N2O4S2.C6H14N2O2/c7-3(5(9)10)1-13-14-2-4(8)6(11)12;7-4-2-1-3-5(8)6(9)10/h3-4H,1-2,7-8H2,(H,9,10)(H,11,12);5H,1-4,7-8H2,(H,9,10). The van der Waals surface area contributed by atoms with Crippen LogP contribution in [-0.2, 0) is 14.4 Å². The lowest BCUT2D eigenvalue weighted by Gasteiger charge is -2.07. The van der Waals surface area contributed by atoms with E-state index in [0.29, 0.717) is 13.0 Å². The van der Waals surface area contributed by atoms with Crippen LogP contribution in [0.25, 0.3) is 0 Å². The minimum absolute atomic E-state index is 0.229. The first-order valence-corrected chi connectivity index (χ1v) is 9.51. The van der Waals surface area contributed by atoms with Crippen molar-refractivity contribution in [3.8, 4) is 0 Å². The number of carboxylic acid groups (broad SMARTS) is 3. The van der Waals surface area contributed by atoms with Gasteiger partial charge in [0.2, 0.25) is 0 Å². The fourth-order valence-corrected chi connectivity index (χ4v) is 3.25. The van der Waals surface area contributed by atoms with Crippen LogP contribution in [0.4, 0.5) is 0 Å². The third-order valence-electron chi connectivity index (χ3n) is 2.50. The molecule has 3 unspecified atom stereocenters. The van der Waals surface area contributed by atoms with E-state index in [1.54, 1.807) is 0 Å². The number of nitrogens with two attached hydrogens (primary N) is 4. The summed E-state index contributed by atoms with van der Waals surface area (Å²) in [5.74, 6) is -2.61. The van der Waals surface area contributed by atoms with Crippen molar-refractivity contribution in [2.45, 2.75) is 37.4 Å². The SMILES string of the molecule is NC(CSSCC(N)C(=O)O)C(=O)O.NCCCCC(N)C(=O)O. The van der Waals surface area contributed by atoms with E-state index >= 15 is 0 Å². The predicted octanol–water partition coefficient (Wildman–Crippen LogP) is -1.28. The van der Waals surface area contributed by atoms with Crippen LogP contribution in [0.3, 0.4) is 0 Å². The molecule has 0 bridgehead atoms. The van der Waals surface area contributed by atoms with E-state index in [1.807, 2.05) is 0 Å². The smallest absolute Gasteiger partial charge is 0.321 e. The van der Waals surface area contributed by atoms with Crippen LogP contribution in [0.1, 0.15) is 19.3 Å². The summed E-state index contributed by atoms with van der Waals surface area (Å²) in [5, 5.41) is 25.1. The maximum Gasteiger partial charge on any atom is 0.321 e. The lowest BCUT2D eigenvalue weighted by molar-refractivity contribution is -0.139. The van der Waals surface area contributed by atoms with Crippen molar-refractivity contribution in [1.82, 2.24) is 0 Å². The van der Waals surface area contributed by atoms with Crippen molar-refractivity contribution in [3.05, 3.63) is 0 Å². The van der Waals surface area contributed by atoms with Gasteiger partial charge >= 0.3 is 17.9 Å². The first kappa shape index (κ1) is 25.2. The molecule has 0 amide bonds. The molecule has 0 aromatic rings. The van der Waals surface area contributed by atoms with Gasteiger partial charge in [0.05, 0.1) is 0 Å². The molecular weight excluding hydrogens is 360 g/mol. The molecule has 24 heavy (non-hydrogen) atoms. The number of carbonyl (C=O) groups is 3. The highest BCUT2D eigenvalue weighted by atomic mass is 33.1. The Hall–Kier alpha value is -1.05. The lowest BCUT2D eigenvalue weighted by Crippen LogP contribution is -2.33. The molecule has 0 aromatic carbocycles. The average molecular weight is 386 g/mol. The molecule has 0 saturated carbocycles. The van der Waals surface area contributed by atoms with Crippen LogP contribution in [0, 0.1) is 0 Å². The Labute approximate surface area is 148 Å². The molecule has 0 rings (SSSR count). The Morgan fingerprint density at radius 2 is 1.12 bits per heavy atom. The largest absolute Gasteiger partial charge is 0.480 e. The van der Waals surface area contributed by atoms with E-state index in [2.05, 4.69) is 0 Å². The fraction of sp³-hybridized carbons (Fsp3) is 0.750. The number of unbranched alkanes of at least 4 members (excludes halogenated alkanes) is 1. The minimum atomic E-state index is -1.07. The third kappa shape index (κ3) is 15.8. The average Bonchev–Trinajstić information content (AvgIpc) is 2.51. The monoisotopic (exact) mass is 386 g/mol. The van der Waals surface area contributed by atoms with Gasteiger partial charge in [-0.15, -0.1) is 0 Å². The van der Waals surface area contributed by atoms with Crippen molar-refractivity contribution in [2.24, 2.45) is 22.9 Å². The summed E-state index contributed by atoms with van der Waals surface area (Å²) in [5.41, 5.74) is 20.8. The minimum Gasteiger partial charge on any atom is -0.480 e. The van der Waals surface area contributed by atoms with Gasteiger partial charge in [-0.25, -0.2) is 0 Å². The number of hydrogen-bond donors (Lipinski definition) is 7. The zero-order valence-electron chi connectivity index (χ0n) is 13.2. The first-order valence-electron chi connectivity index (χ1n) is 7.03. The summed E-state index contributed by atoms with van der Waals surface area (Å²) >= 11 is 0. The molecule has 0 fully saturated rings. The molecule has 3 atom stereocenters. The Balaban J connectivity index is 0. The molecule has 0 heterocycles. The highest BCUT2D eigenvalue weighted by Gasteiger charge is 2.14. The van der Waals surface area contributed by atoms with Crippen LogP contribution in [0.2, 0.25) is 0 Å². The van der Waals surface area contributed by atoms with Gasteiger partial charge in [0.15, 0.2) is 0 Å². The van der Waals surface area contributed by atoms with Crippen LogP contribution in [0.15, 0.2) is 0 Å². The van der Waals surface area contributed by atoms with E-state index in [0.717, 1.165) is 12.8 Å². The van der Waals surface area contributed by atoms with Gasteiger partial charge in [-0.2, -0.15) is 0 Å². The highest BCUT2D eigenvalue weighted by molar-refractivity contribution is 8.76. The van der Waals surface area contributed by atoms with Crippen molar-refractivity contribution < 1.29 is 29.7 Å². The maximum atomic E-state index is 10.3. The van der Waals surface area contributed by atoms with Gasteiger partial charge in [0.1, 0.15) is 18.1 Å². The molecule has 10 nitrogen and oxygen atoms in total. The van der Waals surface area contributed by atoms with E-state index in [9.17, 15) is 14.4 Å². The maximum absolute atomic E-state index is 10.3. The molecular formula is C12H26N4O6S2. The second-order valence-corrected chi connectivity index (χ2v) is 7.24. The van der Waals surface area contributed by atoms with E-state index < -0.39 is 36.0 Å². The first-order chi connectivity index (χ1) is 11.1. The normalized spacial score (nSPS) is 14.0. The van der Waals surface area contributed by atoms with Crippen LogP contribution < -0.4 is 22.9 Å². The molecule has 12 heteroatoms. The number of carboxylic acids is 3. The van der Waals surface area contributed by atoms with E-state index in [-0.39, 0.29) is 11.5 Å². The summed E-state index contributed by atoms with van der Waals surface area (Å²) in [6, 6.07) is -2.56. The van der Waals surface area contributed by atoms with Gasteiger partial charge in [-0.3, -0.25) is 14.4 Å². The zero-order valence-corrected chi connectivity index (χ0v) is 14.8. The molecule has 0 aliphatic carbocycles. The third-order valence-corrected chi connectivity index (χ3v) is 4.97. The summed E-state index contributed by atoms with van der Waals surface area (Å²) in [6.45, 7) is 0.604. The Bertz CT molecular complexity index is 367. The molecule has 142 valence electrons. The molecule has 0 radical (unpaired) electrons. The Morgan fingerprint density at radius 1 is 0.750 bits per heavy atom. The molecule has 0 saturated heterocycles. The fourth-order valence-electron chi connectivity index (χ4n) is 1.02. The van der Waals surface area contributed by atoms with Gasteiger partial charge in [-0.05, 0) is 19.4 Å². The summed E-state index contributed by atoms with van der Waals surface area (Å²) in [4.78, 5) is 30.7. The van der Waals surface area contributed by atoms with Crippen LogP contribution in [0.5, 0.6) is 0 Å². The molecule has 0 spiro atoms. The van der Waals surface area contributed by atoms with Gasteiger partial charge in [0.25, 0.3) is 0 Å². The highest BCUT2D eigenvalue weighted by Crippen LogP contribution is 2.22. The van der Waals surface area contributed by atoms with Gasteiger partial charge in [0, 0.05) is 11.5 Å². The van der Waals surface area contributed by atoms with Crippen molar-refractivity contribution >= 4 is 39.5 Å².